The third-order valence-electron chi connectivity index (χ3n) is 7.34. The van der Waals surface area contributed by atoms with Gasteiger partial charge in [-0.3, -0.25) is 0 Å². The van der Waals surface area contributed by atoms with Crippen molar-refractivity contribution in [3.05, 3.63) is 106 Å². The number of aromatic carboxylic acids is 1. The van der Waals surface area contributed by atoms with E-state index in [9.17, 15) is 15.0 Å². The van der Waals surface area contributed by atoms with Crippen LogP contribution in [0.25, 0.3) is 0 Å². The number of hydrogen-bond acceptors (Lipinski definition) is 3. The first kappa shape index (κ1) is 29.6. The Bertz CT molecular complexity index is 1270. The highest BCUT2D eigenvalue weighted by atomic mass is 16.5. The van der Waals surface area contributed by atoms with Crippen LogP contribution in [0.2, 0.25) is 0 Å². The van der Waals surface area contributed by atoms with Gasteiger partial charge in [-0.05, 0) is 90.5 Å². The van der Waals surface area contributed by atoms with E-state index >= 15 is 0 Å². The van der Waals surface area contributed by atoms with Gasteiger partial charge in [0, 0.05) is 0 Å². The molecule has 0 unspecified atom stereocenters. The predicted octanol–water partition coefficient (Wildman–Crippen LogP) is 7.88. The summed E-state index contributed by atoms with van der Waals surface area (Å²) in [6.07, 6.45) is 0.857. The van der Waals surface area contributed by atoms with Crippen LogP contribution >= 0.6 is 0 Å². The van der Waals surface area contributed by atoms with Gasteiger partial charge in [0.15, 0.2) is 0 Å². The molecule has 0 aliphatic heterocycles. The van der Waals surface area contributed by atoms with Crippen LogP contribution in [-0.2, 0) is 39.8 Å². The molecule has 0 aromatic heterocycles. The second-order valence-corrected chi connectivity index (χ2v) is 13.2. The lowest BCUT2D eigenvalue weighted by Gasteiger charge is -2.29. The van der Waals surface area contributed by atoms with Crippen LogP contribution in [0.3, 0.4) is 0 Å². The Kier molecular flexibility index (Phi) is 8.31. The fourth-order valence-corrected chi connectivity index (χ4v) is 4.70. The molecule has 0 fully saturated rings. The molecule has 4 nitrogen and oxygen atoms in total. The second kappa shape index (κ2) is 10.7. The Morgan fingerprint density at radius 2 is 1.29 bits per heavy atom. The highest BCUT2D eigenvalue weighted by Crippen LogP contribution is 2.33. The number of hydrogen-bond donors (Lipinski definition) is 2. The van der Waals surface area contributed by atoms with Crippen LogP contribution in [0.5, 0.6) is 0 Å². The molecule has 0 amide bonds. The van der Waals surface area contributed by atoms with Gasteiger partial charge in [-0.25, -0.2) is 4.79 Å². The van der Waals surface area contributed by atoms with Gasteiger partial charge in [0.1, 0.15) is 0 Å². The summed E-state index contributed by atoms with van der Waals surface area (Å²) in [4.78, 5) is 11.5. The number of aliphatic hydroxyl groups is 1. The van der Waals surface area contributed by atoms with Crippen LogP contribution in [0, 0.1) is 0 Å². The Balaban J connectivity index is 1.88. The molecule has 204 valence electrons. The zero-order valence-corrected chi connectivity index (χ0v) is 24.5. The molecular weight excluding hydrogens is 472 g/mol. The molecule has 0 atom stereocenters. The summed E-state index contributed by atoms with van der Waals surface area (Å²) in [5.41, 5.74) is 5.19. The quantitative estimate of drug-likeness (QED) is 0.303. The molecule has 3 aromatic rings. The highest BCUT2D eigenvalue weighted by molar-refractivity contribution is 5.87. The van der Waals surface area contributed by atoms with E-state index in [1.807, 2.05) is 32.0 Å². The van der Waals surface area contributed by atoms with Crippen molar-refractivity contribution in [2.24, 2.45) is 0 Å². The molecule has 2 N–H and O–H groups in total. The number of carbonyl (C=O) groups is 1. The maximum atomic E-state index is 11.5. The lowest BCUT2D eigenvalue weighted by molar-refractivity contribution is -0.0338. The summed E-state index contributed by atoms with van der Waals surface area (Å²) in [6.45, 7) is 19.1. The minimum atomic E-state index is -0.942. The largest absolute Gasteiger partial charge is 0.478 e. The third-order valence-corrected chi connectivity index (χ3v) is 7.34. The molecule has 0 aliphatic carbocycles. The van der Waals surface area contributed by atoms with Gasteiger partial charge in [-0.2, -0.15) is 0 Å². The van der Waals surface area contributed by atoms with E-state index < -0.39 is 17.2 Å². The number of carboxylic acid groups (broad SMARTS) is 1. The Hall–Kier alpha value is -2.95. The first-order valence-electron chi connectivity index (χ1n) is 13.3. The van der Waals surface area contributed by atoms with Gasteiger partial charge in [0.05, 0.1) is 23.4 Å². The average molecular weight is 517 g/mol. The lowest BCUT2D eigenvalue weighted by Crippen LogP contribution is -2.23. The average Bonchev–Trinajstić information content (AvgIpc) is 2.81. The Morgan fingerprint density at radius 3 is 1.84 bits per heavy atom. The zero-order valence-electron chi connectivity index (χ0n) is 24.5. The van der Waals surface area contributed by atoms with E-state index in [0.29, 0.717) is 6.61 Å². The number of carboxylic acids is 1. The minimum Gasteiger partial charge on any atom is -0.478 e. The number of benzene rings is 3. The van der Waals surface area contributed by atoms with Crippen LogP contribution in [-0.4, -0.2) is 16.2 Å². The van der Waals surface area contributed by atoms with Gasteiger partial charge < -0.3 is 14.9 Å². The van der Waals surface area contributed by atoms with Crippen LogP contribution in [0.15, 0.2) is 66.7 Å². The summed E-state index contributed by atoms with van der Waals surface area (Å²) in [5, 5.41) is 19.7. The third kappa shape index (κ3) is 7.33. The molecule has 0 heterocycles. The van der Waals surface area contributed by atoms with Crippen molar-refractivity contribution in [3.63, 3.8) is 0 Å². The van der Waals surface area contributed by atoms with Crippen molar-refractivity contribution in [2.45, 2.75) is 97.4 Å². The Morgan fingerprint density at radius 1 is 0.711 bits per heavy atom. The topological polar surface area (TPSA) is 66.8 Å². The molecular formula is C34H44O4. The smallest absolute Gasteiger partial charge is 0.335 e. The van der Waals surface area contributed by atoms with Crippen molar-refractivity contribution in [1.29, 1.82) is 0 Å². The van der Waals surface area contributed by atoms with E-state index in [2.05, 4.69) is 65.0 Å². The molecule has 0 spiro atoms. The first-order chi connectivity index (χ1) is 17.4. The molecule has 3 rings (SSSR count). The van der Waals surface area contributed by atoms with Crippen molar-refractivity contribution in [2.75, 3.05) is 0 Å². The fraction of sp³-hybridized carbons (Fsp3) is 0.441. The fourth-order valence-electron chi connectivity index (χ4n) is 4.70. The highest BCUT2D eigenvalue weighted by Gasteiger charge is 2.26. The van der Waals surface area contributed by atoms with E-state index in [0.717, 1.165) is 23.1 Å². The Labute approximate surface area is 228 Å². The molecule has 0 radical (unpaired) electrons. The van der Waals surface area contributed by atoms with E-state index in [1.54, 1.807) is 32.0 Å². The van der Waals surface area contributed by atoms with Crippen molar-refractivity contribution in [1.82, 2.24) is 0 Å². The number of rotatable bonds is 9. The molecule has 0 saturated heterocycles. The summed E-state index contributed by atoms with van der Waals surface area (Å²) >= 11 is 0. The molecule has 0 saturated carbocycles. The molecule has 3 aromatic carbocycles. The molecule has 0 bridgehead atoms. The molecule has 38 heavy (non-hydrogen) atoms. The van der Waals surface area contributed by atoms with E-state index in [-0.39, 0.29) is 16.4 Å². The van der Waals surface area contributed by atoms with Crippen molar-refractivity contribution >= 4 is 5.97 Å². The SMILES string of the molecule is CC(C)(C)c1cc(COC(C)(C)c2cccc(C(=O)O)c2)cc(CC(C)(C)c2ccc(C(C)(C)O)cc2)c1. The standard InChI is InChI=1S/C34H44O4/c1-31(2,3)29-18-23(21-32(4,5)26-13-15-27(16-14-26)33(6,7)37)17-24(19-29)22-38-34(8,9)28-12-10-11-25(20-28)30(35)36/h10-20,37H,21-22H2,1-9H3,(H,35,36). The monoisotopic (exact) mass is 516 g/mol. The van der Waals surface area contributed by atoms with Crippen molar-refractivity contribution < 1.29 is 19.7 Å². The molecule has 0 aliphatic rings. The summed E-state index contributed by atoms with van der Waals surface area (Å²) in [6, 6.07) is 22.0. The lowest BCUT2D eigenvalue weighted by atomic mass is 9.77. The van der Waals surface area contributed by atoms with Crippen LogP contribution in [0.1, 0.15) is 106 Å². The van der Waals surface area contributed by atoms with Crippen LogP contribution in [0.4, 0.5) is 0 Å². The van der Waals surface area contributed by atoms with Gasteiger partial charge in [-0.15, -0.1) is 0 Å². The zero-order chi connectivity index (χ0) is 28.5. The van der Waals surface area contributed by atoms with E-state index in [4.69, 9.17) is 4.74 Å². The summed E-state index contributed by atoms with van der Waals surface area (Å²) < 4.78 is 6.40. The maximum absolute atomic E-state index is 11.5. The predicted molar refractivity (Wildman–Crippen MR) is 155 cm³/mol. The minimum absolute atomic E-state index is 0.0192. The van der Waals surface area contributed by atoms with Crippen LogP contribution < -0.4 is 0 Å². The maximum Gasteiger partial charge on any atom is 0.335 e. The van der Waals surface area contributed by atoms with E-state index in [1.165, 1.54) is 16.7 Å². The van der Waals surface area contributed by atoms with Gasteiger partial charge >= 0.3 is 5.97 Å². The molecule has 4 heteroatoms. The summed E-state index contributed by atoms with van der Waals surface area (Å²) in [5.74, 6) is -0.942. The van der Waals surface area contributed by atoms with Gasteiger partial charge in [-0.1, -0.05) is 89.2 Å². The van der Waals surface area contributed by atoms with Crippen molar-refractivity contribution in [3.8, 4) is 0 Å². The second-order valence-electron chi connectivity index (χ2n) is 13.2. The normalized spacial score (nSPS) is 13.0. The van der Waals surface area contributed by atoms with Gasteiger partial charge in [0.2, 0.25) is 0 Å². The number of ether oxygens (including phenoxy) is 1. The first-order valence-corrected chi connectivity index (χ1v) is 13.3. The van der Waals surface area contributed by atoms with Gasteiger partial charge in [0.25, 0.3) is 0 Å². The summed E-state index contributed by atoms with van der Waals surface area (Å²) in [7, 11) is 0.